The average molecular weight is 422 g/mol. The second kappa shape index (κ2) is 9.85. The van der Waals surface area contributed by atoms with Gasteiger partial charge in [-0.3, -0.25) is 10.1 Å². The van der Waals surface area contributed by atoms with Gasteiger partial charge in [0.25, 0.3) is 5.69 Å². The Bertz CT molecular complexity index is 963. The van der Waals surface area contributed by atoms with Crippen LogP contribution in [0.15, 0.2) is 53.4 Å². The monoisotopic (exact) mass is 422 g/mol. The first-order chi connectivity index (χ1) is 13.7. The van der Waals surface area contributed by atoms with E-state index in [1.54, 1.807) is 26.3 Å². The van der Waals surface area contributed by atoms with Crippen LogP contribution < -0.4 is 14.8 Å². The lowest BCUT2D eigenvalue weighted by Crippen LogP contribution is -2.41. The number of amides is 2. The molecule has 156 valence electrons. The van der Waals surface area contributed by atoms with Gasteiger partial charge in [-0.2, -0.15) is 0 Å². The number of nitro groups is 1. The van der Waals surface area contributed by atoms with Gasteiger partial charge in [0.2, 0.25) is 10.0 Å². The van der Waals surface area contributed by atoms with Crippen molar-refractivity contribution in [3.05, 3.63) is 64.2 Å². The summed E-state index contributed by atoms with van der Waals surface area (Å²) in [4.78, 5) is 23.4. The third-order valence-corrected chi connectivity index (χ3v) is 5.48. The van der Waals surface area contributed by atoms with Gasteiger partial charge in [-0.25, -0.2) is 17.9 Å². The summed E-state index contributed by atoms with van der Waals surface area (Å²) in [6.07, 6.45) is 0. The van der Waals surface area contributed by atoms with Crippen molar-refractivity contribution in [3.63, 3.8) is 0 Å². The smallest absolute Gasteiger partial charge is 0.317 e. The number of benzene rings is 2. The number of urea groups is 1. The molecule has 2 aromatic rings. The van der Waals surface area contributed by atoms with E-state index in [-0.39, 0.29) is 19.1 Å². The molecule has 0 bridgehead atoms. The van der Waals surface area contributed by atoms with Gasteiger partial charge in [-0.05, 0) is 23.8 Å². The van der Waals surface area contributed by atoms with Crippen LogP contribution in [0.25, 0.3) is 0 Å². The van der Waals surface area contributed by atoms with E-state index in [9.17, 15) is 23.3 Å². The lowest BCUT2D eigenvalue weighted by atomic mass is 10.2. The molecule has 10 nitrogen and oxygen atoms in total. The van der Waals surface area contributed by atoms with Crippen molar-refractivity contribution < 1.29 is 22.9 Å². The molecule has 0 heterocycles. The third-order valence-electron chi connectivity index (χ3n) is 3.97. The first-order valence-electron chi connectivity index (χ1n) is 8.59. The van der Waals surface area contributed by atoms with E-state index in [4.69, 9.17) is 4.74 Å². The van der Waals surface area contributed by atoms with E-state index in [2.05, 4.69) is 10.0 Å². The molecule has 0 aliphatic rings. The number of nitro benzene ring substituents is 1. The Kier molecular flexibility index (Phi) is 7.51. The number of rotatable bonds is 9. The highest BCUT2D eigenvalue weighted by Gasteiger charge is 2.24. The molecule has 0 spiro atoms. The minimum atomic E-state index is -4.08. The highest BCUT2D eigenvalue weighted by molar-refractivity contribution is 7.89. The molecule has 0 saturated carbocycles. The Labute approximate surface area is 168 Å². The second-order valence-corrected chi connectivity index (χ2v) is 7.79. The number of hydrogen-bond donors (Lipinski definition) is 2. The van der Waals surface area contributed by atoms with Gasteiger partial charge >= 0.3 is 6.03 Å². The van der Waals surface area contributed by atoms with E-state index in [0.29, 0.717) is 12.3 Å². The Morgan fingerprint density at radius 2 is 1.79 bits per heavy atom. The van der Waals surface area contributed by atoms with Crippen molar-refractivity contribution in [2.24, 2.45) is 0 Å². The quantitative estimate of drug-likeness (QED) is 0.359. The largest absolute Gasteiger partial charge is 0.497 e. The van der Waals surface area contributed by atoms with Crippen LogP contribution in [0.2, 0.25) is 0 Å². The summed E-state index contributed by atoms with van der Waals surface area (Å²) in [5, 5.41) is 13.6. The number of para-hydroxylation sites is 1. The van der Waals surface area contributed by atoms with E-state index in [1.165, 1.54) is 17.0 Å². The van der Waals surface area contributed by atoms with Gasteiger partial charge in [0.05, 0.1) is 12.0 Å². The zero-order valence-electron chi connectivity index (χ0n) is 16.0. The summed E-state index contributed by atoms with van der Waals surface area (Å²) in [5.74, 6) is 0.715. The summed E-state index contributed by atoms with van der Waals surface area (Å²) in [6.45, 7) is 0.264. The molecule has 0 fully saturated rings. The molecular weight excluding hydrogens is 400 g/mol. The number of methoxy groups -OCH3 is 1. The predicted molar refractivity (Wildman–Crippen MR) is 106 cm³/mol. The molecule has 0 unspecified atom stereocenters. The van der Waals surface area contributed by atoms with Crippen molar-refractivity contribution in [2.45, 2.75) is 11.4 Å². The van der Waals surface area contributed by atoms with Gasteiger partial charge in [-0.1, -0.05) is 24.3 Å². The van der Waals surface area contributed by atoms with Crippen LogP contribution in [0.4, 0.5) is 10.5 Å². The molecule has 29 heavy (non-hydrogen) atoms. The molecule has 0 aliphatic heterocycles. The van der Waals surface area contributed by atoms with E-state index < -0.39 is 25.5 Å². The zero-order chi connectivity index (χ0) is 21.4. The summed E-state index contributed by atoms with van der Waals surface area (Å²) < 4.78 is 31.9. The van der Waals surface area contributed by atoms with Crippen molar-refractivity contribution in [1.29, 1.82) is 0 Å². The fourth-order valence-electron chi connectivity index (χ4n) is 2.48. The number of sulfonamides is 1. The standard InChI is InChI=1S/C18H22N4O6S/c1-21(13-14-7-9-15(28-2)10-8-14)18(23)19-11-12-20-29(26,27)17-6-4-3-5-16(17)22(24)25/h3-10,20H,11-13H2,1-2H3,(H,19,23). The van der Waals surface area contributed by atoms with Crippen LogP contribution >= 0.6 is 0 Å². The molecule has 2 aromatic carbocycles. The third kappa shape index (κ3) is 6.16. The molecule has 0 radical (unpaired) electrons. The van der Waals surface area contributed by atoms with Crippen molar-refractivity contribution in [2.75, 3.05) is 27.2 Å². The maximum Gasteiger partial charge on any atom is 0.317 e. The van der Waals surface area contributed by atoms with E-state index in [1.807, 2.05) is 12.1 Å². The second-order valence-electron chi connectivity index (χ2n) is 6.06. The summed E-state index contributed by atoms with van der Waals surface area (Å²) >= 11 is 0. The molecule has 0 aliphatic carbocycles. The molecule has 2 rings (SSSR count). The lowest BCUT2D eigenvalue weighted by Gasteiger charge is -2.18. The SMILES string of the molecule is COc1ccc(CN(C)C(=O)NCCNS(=O)(=O)c2ccccc2[N+](=O)[O-])cc1. The minimum Gasteiger partial charge on any atom is -0.497 e. The first kappa shape index (κ1) is 22.1. The van der Waals surface area contributed by atoms with Gasteiger partial charge < -0.3 is 15.0 Å². The molecule has 0 saturated heterocycles. The van der Waals surface area contributed by atoms with Gasteiger partial charge in [0.1, 0.15) is 5.75 Å². The van der Waals surface area contributed by atoms with Crippen LogP contribution in [-0.2, 0) is 16.6 Å². The highest BCUT2D eigenvalue weighted by Crippen LogP contribution is 2.22. The van der Waals surface area contributed by atoms with Crippen LogP contribution in [0.5, 0.6) is 5.75 Å². The van der Waals surface area contributed by atoms with Crippen LogP contribution in [0.3, 0.4) is 0 Å². The zero-order valence-corrected chi connectivity index (χ0v) is 16.8. The Morgan fingerprint density at radius 1 is 1.14 bits per heavy atom. The minimum absolute atomic E-state index is 0.0195. The highest BCUT2D eigenvalue weighted by atomic mass is 32.2. The maximum atomic E-state index is 12.3. The number of nitrogens with one attached hydrogen (secondary N) is 2. The van der Waals surface area contributed by atoms with Gasteiger partial charge in [0.15, 0.2) is 4.90 Å². The van der Waals surface area contributed by atoms with Crippen LogP contribution in [-0.4, -0.2) is 51.5 Å². The maximum absolute atomic E-state index is 12.3. The fraction of sp³-hybridized carbons (Fsp3) is 0.278. The number of carbonyl (C=O) groups is 1. The summed E-state index contributed by atoms with van der Waals surface area (Å²) in [7, 11) is -0.901. The number of nitrogens with zero attached hydrogens (tertiary/aromatic N) is 2. The summed E-state index contributed by atoms with van der Waals surface area (Å²) in [6, 6.07) is 11.9. The molecule has 2 amide bonds. The van der Waals surface area contributed by atoms with E-state index >= 15 is 0 Å². The number of hydrogen-bond acceptors (Lipinski definition) is 6. The number of ether oxygens (including phenoxy) is 1. The topological polar surface area (TPSA) is 131 Å². The van der Waals surface area contributed by atoms with E-state index in [0.717, 1.165) is 17.7 Å². The Balaban J connectivity index is 1.84. The molecule has 0 atom stereocenters. The molecule has 0 aromatic heterocycles. The Morgan fingerprint density at radius 3 is 2.41 bits per heavy atom. The van der Waals surface area contributed by atoms with Crippen molar-refractivity contribution in [1.82, 2.24) is 14.9 Å². The van der Waals surface area contributed by atoms with Crippen LogP contribution in [0, 0.1) is 10.1 Å². The summed E-state index contributed by atoms with van der Waals surface area (Å²) in [5.41, 5.74) is 0.392. The Hall–Kier alpha value is -3.18. The van der Waals surface area contributed by atoms with Crippen molar-refractivity contribution >= 4 is 21.7 Å². The molecule has 2 N–H and O–H groups in total. The normalized spacial score (nSPS) is 11.0. The molecule has 11 heteroatoms. The lowest BCUT2D eigenvalue weighted by molar-refractivity contribution is -0.387. The molecular formula is C18H22N4O6S. The van der Waals surface area contributed by atoms with Gasteiger partial charge in [-0.15, -0.1) is 0 Å². The van der Waals surface area contributed by atoms with Crippen molar-refractivity contribution in [3.8, 4) is 5.75 Å². The number of carbonyl (C=O) groups excluding carboxylic acids is 1. The average Bonchev–Trinajstić information content (AvgIpc) is 2.71. The van der Waals surface area contributed by atoms with Gasteiger partial charge in [0, 0.05) is 32.7 Å². The fourth-order valence-corrected chi connectivity index (χ4v) is 3.68. The van der Waals surface area contributed by atoms with Crippen LogP contribution in [0.1, 0.15) is 5.56 Å². The predicted octanol–water partition coefficient (Wildman–Crippen LogP) is 1.72. The first-order valence-corrected chi connectivity index (χ1v) is 10.1.